The fourth-order valence-corrected chi connectivity index (χ4v) is 5.14. The molecule has 0 saturated carbocycles. The lowest BCUT2D eigenvalue weighted by atomic mass is 9.94. The molecule has 0 N–H and O–H groups in total. The molecule has 1 aliphatic rings. The van der Waals surface area contributed by atoms with Crippen molar-refractivity contribution in [2.75, 3.05) is 13.2 Å². The van der Waals surface area contributed by atoms with Gasteiger partial charge in [0.05, 0.1) is 20.8 Å². The first-order chi connectivity index (χ1) is 13.8. The van der Waals surface area contributed by atoms with Crippen LogP contribution in [0.15, 0.2) is 52.5 Å². The molecule has 6 nitrogen and oxygen atoms in total. The van der Waals surface area contributed by atoms with Gasteiger partial charge in [0, 0.05) is 37.6 Å². The van der Waals surface area contributed by atoms with E-state index in [1.807, 2.05) is 6.07 Å². The number of hydrogen-bond donors (Lipinski definition) is 0. The highest BCUT2D eigenvalue weighted by atomic mass is 32.2. The standard InChI is InChI=1S/C22H27N3O3S/c1-22(2,3)21-24-19-14-18(29(26,27)17-6-10-23-11-7-17)4-5-20(19)25(21)15-16-8-12-28-13-9-16/h4-7,10-11,14,16H,8-9,12-13,15H2,1-3H3. The van der Waals surface area contributed by atoms with Crippen LogP contribution < -0.4 is 0 Å². The van der Waals surface area contributed by atoms with Gasteiger partial charge in [-0.2, -0.15) is 0 Å². The third-order valence-corrected chi connectivity index (χ3v) is 7.21. The topological polar surface area (TPSA) is 74.1 Å². The SMILES string of the molecule is CC(C)(C)c1nc2cc(S(=O)(=O)c3ccncc3)ccc2n1CC1CCOCC1. The van der Waals surface area contributed by atoms with Crippen LogP contribution in [0.1, 0.15) is 39.4 Å². The summed E-state index contributed by atoms with van der Waals surface area (Å²) in [4.78, 5) is 9.28. The molecule has 0 unspecified atom stereocenters. The van der Waals surface area contributed by atoms with E-state index in [9.17, 15) is 8.42 Å². The smallest absolute Gasteiger partial charge is 0.206 e. The van der Waals surface area contributed by atoms with Gasteiger partial charge in [0.2, 0.25) is 9.84 Å². The quantitative estimate of drug-likeness (QED) is 0.647. The molecule has 29 heavy (non-hydrogen) atoms. The van der Waals surface area contributed by atoms with Gasteiger partial charge in [-0.15, -0.1) is 0 Å². The third kappa shape index (κ3) is 3.94. The molecule has 0 spiro atoms. The maximum Gasteiger partial charge on any atom is 0.206 e. The zero-order valence-electron chi connectivity index (χ0n) is 17.1. The molecule has 4 rings (SSSR count). The zero-order chi connectivity index (χ0) is 20.6. The molecule has 3 aromatic rings. The Morgan fingerprint density at radius 2 is 1.76 bits per heavy atom. The zero-order valence-corrected chi connectivity index (χ0v) is 17.9. The molecular formula is C22H27N3O3S. The van der Waals surface area contributed by atoms with E-state index in [0.29, 0.717) is 5.92 Å². The first-order valence-electron chi connectivity index (χ1n) is 10.0. The van der Waals surface area contributed by atoms with Crippen LogP contribution in [0.3, 0.4) is 0 Å². The summed E-state index contributed by atoms with van der Waals surface area (Å²) in [5, 5.41) is 0. The number of nitrogens with zero attached hydrogens (tertiary/aromatic N) is 3. The van der Waals surface area contributed by atoms with Crippen LogP contribution >= 0.6 is 0 Å². The first kappa shape index (κ1) is 20.0. The number of benzene rings is 1. The highest BCUT2D eigenvalue weighted by molar-refractivity contribution is 7.91. The van der Waals surface area contributed by atoms with Crippen LogP contribution in [0, 0.1) is 5.92 Å². The van der Waals surface area contributed by atoms with Gasteiger partial charge >= 0.3 is 0 Å². The van der Waals surface area contributed by atoms with E-state index in [0.717, 1.165) is 49.5 Å². The molecule has 0 bridgehead atoms. The molecule has 7 heteroatoms. The predicted octanol–water partition coefficient (Wildman–Crippen LogP) is 3.99. The first-order valence-corrected chi connectivity index (χ1v) is 11.5. The Labute approximate surface area is 171 Å². The average molecular weight is 414 g/mol. The molecule has 0 aliphatic carbocycles. The lowest BCUT2D eigenvalue weighted by Gasteiger charge is -2.26. The van der Waals surface area contributed by atoms with Gasteiger partial charge in [-0.3, -0.25) is 4.98 Å². The molecule has 1 aliphatic heterocycles. The molecule has 1 fully saturated rings. The average Bonchev–Trinajstić information content (AvgIpc) is 3.08. The van der Waals surface area contributed by atoms with Crippen molar-refractivity contribution in [2.24, 2.45) is 5.92 Å². The lowest BCUT2D eigenvalue weighted by molar-refractivity contribution is 0.0611. The maximum atomic E-state index is 13.0. The van der Waals surface area contributed by atoms with Gasteiger partial charge in [-0.05, 0) is 49.1 Å². The molecule has 2 aromatic heterocycles. The van der Waals surface area contributed by atoms with Crippen molar-refractivity contribution in [3.05, 3.63) is 48.5 Å². The number of pyridine rings is 1. The van der Waals surface area contributed by atoms with E-state index in [2.05, 4.69) is 30.3 Å². The minimum atomic E-state index is -3.60. The van der Waals surface area contributed by atoms with E-state index in [1.165, 1.54) is 24.5 Å². The largest absolute Gasteiger partial charge is 0.381 e. The second-order valence-electron chi connectivity index (χ2n) is 8.69. The Kier molecular flexibility index (Phi) is 5.21. The Morgan fingerprint density at radius 1 is 1.07 bits per heavy atom. The molecule has 1 saturated heterocycles. The van der Waals surface area contributed by atoms with Gasteiger partial charge in [0.25, 0.3) is 0 Å². The fraction of sp³-hybridized carbons (Fsp3) is 0.455. The van der Waals surface area contributed by atoms with E-state index >= 15 is 0 Å². The van der Waals surface area contributed by atoms with Gasteiger partial charge in [0.15, 0.2) is 0 Å². The van der Waals surface area contributed by atoms with Crippen molar-refractivity contribution in [3.8, 4) is 0 Å². The van der Waals surface area contributed by atoms with Crippen LogP contribution in [0.5, 0.6) is 0 Å². The normalized spacial score (nSPS) is 16.4. The molecule has 154 valence electrons. The molecule has 0 radical (unpaired) electrons. The monoisotopic (exact) mass is 413 g/mol. The van der Waals surface area contributed by atoms with Crippen molar-refractivity contribution in [1.29, 1.82) is 0 Å². The van der Waals surface area contributed by atoms with Gasteiger partial charge in [-0.25, -0.2) is 13.4 Å². The van der Waals surface area contributed by atoms with Gasteiger partial charge < -0.3 is 9.30 Å². The summed E-state index contributed by atoms with van der Waals surface area (Å²) in [7, 11) is -3.60. The summed E-state index contributed by atoms with van der Waals surface area (Å²) < 4.78 is 33.8. The van der Waals surface area contributed by atoms with Crippen LogP contribution in [0.25, 0.3) is 11.0 Å². The van der Waals surface area contributed by atoms with E-state index in [1.54, 1.807) is 12.1 Å². The highest BCUT2D eigenvalue weighted by Gasteiger charge is 2.26. The Morgan fingerprint density at radius 3 is 2.41 bits per heavy atom. The summed E-state index contributed by atoms with van der Waals surface area (Å²) in [6.45, 7) is 8.91. The predicted molar refractivity (Wildman–Crippen MR) is 112 cm³/mol. The number of fused-ring (bicyclic) bond motifs is 1. The maximum absolute atomic E-state index is 13.0. The van der Waals surface area contributed by atoms with Gasteiger partial charge in [-0.1, -0.05) is 20.8 Å². The van der Waals surface area contributed by atoms with E-state index in [4.69, 9.17) is 9.72 Å². The van der Waals surface area contributed by atoms with Crippen molar-refractivity contribution in [1.82, 2.24) is 14.5 Å². The van der Waals surface area contributed by atoms with Crippen molar-refractivity contribution in [3.63, 3.8) is 0 Å². The second kappa shape index (κ2) is 7.54. The van der Waals surface area contributed by atoms with Crippen LogP contribution in [-0.4, -0.2) is 36.2 Å². The fourth-order valence-electron chi connectivity index (χ4n) is 3.87. The van der Waals surface area contributed by atoms with Crippen LogP contribution in [-0.2, 0) is 26.5 Å². The second-order valence-corrected chi connectivity index (χ2v) is 10.6. The summed E-state index contributed by atoms with van der Waals surface area (Å²) >= 11 is 0. The highest BCUT2D eigenvalue weighted by Crippen LogP contribution is 2.31. The minimum absolute atomic E-state index is 0.145. The Balaban J connectivity index is 1.80. The summed E-state index contributed by atoms with van der Waals surface area (Å²) in [5.74, 6) is 1.53. The molecule has 0 atom stereocenters. The number of sulfone groups is 1. The minimum Gasteiger partial charge on any atom is -0.381 e. The van der Waals surface area contributed by atoms with Gasteiger partial charge in [0.1, 0.15) is 5.82 Å². The summed E-state index contributed by atoms with van der Waals surface area (Å²) in [6.07, 6.45) is 5.06. The number of hydrogen-bond acceptors (Lipinski definition) is 5. The van der Waals surface area contributed by atoms with Crippen molar-refractivity contribution in [2.45, 2.75) is 55.4 Å². The number of imidazole rings is 1. The number of ether oxygens (including phenoxy) is 1. The van der Waals surface area contributed by atoms with E-state index < -0.39 is 9.84 Å². The van der Waals surface area contributed by atoms with Crippen molar-refractivity contribution < 1.29 is 13.2 Å². The molecular weight excluding hydrogens is 386 g/mol. The van der Waals surface area contributed by atoms with Crippen LogP contribution in [0.2, 0.25) is 0 Å². The summed E-state index contributed by atoms with van der Waals surface area (Å²) in [5.41, 5.74) is 1.56. The van der Waals surface area contributed by atoms with Crippen molar-refractivity contribution >= 4 is 20.9 Å². The summed E-state index contributed by atoms with van der Waals surface area (Å²) in [6, 6.07) is 8.31. The Hall–Kier alpha value is -2.25. The lowest BCUT2D eigenvalue weighted by Crippen LogP contribution is -2.25. The molecule has 3 heterocycles. The van der Waals surface area contributed by atoms with E-state index in [-0.39, 0.29) is 15.2 Å². The number of rotatable bonds is 4. The third-order valence-electron chi connectivity index (χ3n) is 5.44. The van der Waals surface area contributed by atoms with Crippen LogP contribution in [0.4, 0.5) is 0 Å². The molecule has 1 aromatic carbocycles. The molecule has 0 amide bonds. The Bertz CT molecular complexity index is 1110. The number of aromatic nitrogens is 3.